The number of nitrogens with zero attached hydrogens (tertiary/aromatic N) is 2. The van der Waals surface area contributed by atoms with Crippen molar-refractivity contribution in [1.29, 1.82) is 5.26 Å². The second kappa shape index (κ2) is 5.17. The summed E-state index contributed by atoms with van der Waals surface area (Å²) in [6.07, 6.45) is 0. The highest BCUT2D eigenvalue weighted by Crippen LogP contribution is 2.24. The molecule has 0 aliphatic carbocycles. The summed E-state index contributed by atoms with van der Waals surface area (Å²) in [5.41, 5.74) is 4.07. The summed E-state index contributed by atoms with van der Waals surface area (Å²) in [6.45, 7) is 2.63. The average molecular weight is 264 g/mol. The maximum atomic E-state index is 9.03. The minimum absolute atomic E-state index is 0.471. The second-order valence-electron chi connectivity index (χ2n) is 3.49. The van der Waals surface area contributed by atoms with Gasteiger partial charge in [0.2, 0.25) is 0 Å². The highest BCUT2D eigenvalue weighted by atomic mass is 35.5. The van der Waals surface area contributed by atoms with E-state index in [1.165, 1.54) is 0 Å². The lowest BCUT2D eigenvalue weighted by atomic mass is 10.2. The van der Waals surface area contributed by atoms with Crippen LogP contribution in [0.1, 0.15) is 16.1 Å². The molecule has 5 heteroatoms. The van der Waals surface area contributed by atoms with E-state index >= 15 is 0 Å². The number of nitrogens with one attached hydrogen (secondary N) is 1. The van der Waals surface area contributed by atoms with Crippen LogP contribution < -0.4 is 5.32 Å². The van der Waals surface area contributed by atoms with E-state index in [1.807, 2.05) is 24.6 Å². The molecule has 0 fully saturated rings. The number of nitriles is 1. The van der Waals surface area contributed by atoms with E-state index in [2.05, 4.69) is 16.4 Å². The number of benzene rings is 1. The Morgan fingerprint density at radius 3 is 3.00 bits per heavy atom. The van der Waals surface area contributed by atoms with Gasteiger partial charge < -0.3 is 5.32 Å². The van der Waals surface area contributed by atoms with Crippen molar-refractivity contribution in [3.63, 3.8) is 0 Å². The van der Waals surface area contributed by atoms with Crippen molar-refractivity contribution in [3.8, 4) is 6.07 Å². The van der Waals surface area contributed by atoms with Crippen LogP contribution in [0.25, 0.3) is 0 Å². The Kier molecular flexibility index (Phi) is 3.62. The van der Waals surface area contributed by atoms with Crippen molar-refractivity contribution >= 4 is 28.6 Å². The zero-order chi connectivity index (χ0) is 12.3. The molecule has 1 aromatic heterocycles. The van der Waals surface area contributed by atoms with E-state index in [0.29, 0.717) is 17.1 Å². The van der Waals surface area contributed by atoms with E-state index in [1.54, 1.807) is 17.4 Å². The third-order valence-electron chi connectivity index (χ3n) is 2.41. The summed E-state index contributed by atoms with van der Waals surface area (Å²) in [5.74, 6) is 0. The fraction of sp³-hybridized carbons (Fsp3) is 0.167. The Labute approximate surface area is 109 Å². The van der Waals surface area contributed by atoms with Crippen LogP contribution in [-0.2, 0) is 6.54 Å². The fourth-order valence-electron chi connectivity index (χ4n) is 1.46. The molecule has 1 N–H and O–H groups in total. The highest BCUT2D eigenvalue weighted by Gasteiger charge is 2.07. The molecule has 2 aromatic rings. The van der Waals surface area contributed by atoms with Crippen LogP contribution in [0.2, 0.25) is 5.02 Å². The summed E-state index contributed by atoms with van der Waals surface area (Å²) in [7, 11) is 0. The molecule has 0 aliphatic rings. The number of anilines is 1. The van der Waals surface area contributed by atoms with Crippen molar-refractivity contribution in [3.05, 3.63) is 44.9 Å². The third-order valence-corrected chi connectivity index (χ3v) is 3.66. The molecule has 0 radical (unpaired) electrons. The van der Waals surface area contributed by atoms with E-state index < -0.39 is 0 Å². The molecule has 1 heterocycles. The van der Waals surface area contributed by atoms with Gasteiger partial charge in [-0.25, -0.2) is 4.98 Å². The van der Waals surface area contributed by atoms with Crippen LogP contribution in [0.15, 0.2) is 23.7 Å². The summed E-state index contributed by atoms with van der Waals surface area (Å²) < 4.78 is 0. The molecular weight excluding hydrogens is 254 g/mol. The topological polar surface area (TPSA) is 48.7 Å². The number of aryl methyl sites for hydroxylation is 1. The molecule has 3 nitrogen and oxygen atoms in total. The molecule has 0 saturated carbocycles. The van der Waals surface area contributed by atoms with Crippen molar-refractivity contribution < 1.29 is 0 Å². The lowest BCUT2D eigenvalue weighted by molar-refractivity contribution is 1.12. The smallest absolute Gasteiger partial charge is 0.103 e. The van der Waals surface area contributed by atoms with Crippen LogP contribution >= 0.6 is 22.9 Å². The van der Waals surface area contributed by atoms with Crippen LogP contribution in [0, 0.1) is 18.3 Å². The van der Waals surface area contributed by atoms with E-state index in [0.717, 1.165) is 16.3 Å². The zero-order valence-corrected chi connectivity index (χ0v) is 10.8. The van der Waals surface area contributed by atoms with Crippen molar-refractivity contribution in [2.75, 3.05) is 5.32 Å². The molecule has 0 spiro atoms. The van der Waals surface area contributed by atoms with Gasteiger partial charge >= 0.3 is 0 Å². The van der Waals surface area contributed by atoms with Crippen LogP contribution in [0.5, 0.6) is 0 Å². The Balaban J connectivity index is 2.18. The molecule has 0 bridgehead atoms. The first-order valence-electron chi connectivity index (χ1n) is 5.04. The molecule has 0 unspecified atom stereocenters. The summed E-state index contributed by atoms with van der Waals surface area (Å²) in [4.78, 5) is 5.34. The van der Waals surface area contributed by atoms with Gasteiger partial charge in [0.1, 0.15) is 6.07 Å². The van der Waals surface area contributed by atoms with Crippen molar-refractivity contribution in [2.24, 2.45) is 0 Å². The van der Waals surface area contributed by atoms with Gasteiger partial charge in [-0.1, -0.05) is 17.7 Å². The second-order valence-corrected chi connectivity index (χ2v) is 4.84. The Morgan fingerprint density at radius 1 is 1.53 bits per heavy atom. The van der Waals surface area contributed by atoms with Crippen molar-refractivity contribution in [2.45, 2.75) is 13.5 Å². The monoisotopic (exact) mass is 263 g/mol. The number of hydrogen-bond acceptors (Lipinski definition) is 4. The molecule has 86 valence electrons. The maximum absolute atomic E-state index is 9.03. The Morgan fingerprint density at radius 2 is 2.35 bits per heavy atom. The van der Waals surface area contributed by atoms with Gasteiger partial charge in [-0.3, -0.25) is 0 Å². The standard InChI is InChI=1S/C12H10ClN3S/c1-8-12(17-7-16-8)6-15-11-4-2-3-10(13)9(11)5-14/h2-4,7,15H,6H2,1H3. The Bertz CT molecular complexity index is 571. The predicted molar refractivity (Wildman–Crippen MR) is 70.3 cm³/mol. The molecule has 17 heavy (non-hydrogen) atoms. The number of rotatable bonds is 3. The van der Waals surface area contributed by atoms with Gasteiger partial charge in [0.05, 0.1) is 34.0 Å². The average Bonchev–Trinajstić information content (AvgIpc) is 2.72. The first kappa shape index (κ1) is 11.9. The SMILES string of the molecule is Cc1ncsc1CNc1cccc(Cl)c1C#N. The lowest BCUT2D eigenvalue weighted by Gasteiger charge is -2.08. The molecule has 0 saturated heterocycles. The van der Waals surface area contributed by atoms with E-state index in [4.69, 9.17) is 16.9 Å². The number of halogens is 1. The first-order chi connectivity index (χ1) is 8.22. The quantitative estimate of drug-likeness (QED) is 0.921. The van der Waals surface area contributed by atoms with Gasteiger partial charge in [0, 0.05) is 4.88 Å². The molecule has 1 aromatic carbocycles. The molecule has 0 atom stereocenters. The number of hydrogen-bond donors (Lipinski definition) is 1. The molecule has 0 aliphatic heterocycles. The molecular formula is C12H10ClN3S. The van der Waals surface area contributed by atoms with Crippen LogP contribution in [0.3, 0.4) is 0 Å². The van der Waals surface area contributed by atoms with Crippen LogP contribution in [-0.4, -0.2) is 4.98 Å². The predicted octanol–water partition coefficient (Wildman–Crippen LogP) is 3.59. The normalized spacial score (nSPS) is 9.94. The lowest BCUT2D eigenvalue weighted by Crippen LogP contribution is -2.01. The Hall–Kier alpha value is -1.57. The fourth-order valence-corrected chi connectivity index (χ4v) is 2.39. The molecule has 0 amide bonds. The summed E-state index contributed by atoms with van der Waals surface area (Å²) >= 11 is 7.55. The largest absolute Gasteiger partial charge is 0.379 e. The number of thiazole rings is 1. The first-order valence-corrected chi connectivity index (χ1v) is 6.29. The zero-order valence-electron chi connectivity index (χ0n) is 9.20. The van der Waals surface area contributed by atoms with Gasteiger partial charge in [0.25, 0.3) is 0 Å². The maximum Gasteiger partial charge on any atom is 0.103 e. The van der Waals surface area contributed by atoms with E-state index in [9.17, 15) is 0 Å². The molecule has 2 rings (SSSR count). The highest BCUT2D eigenvalue weighted by molar-refractivity contribution is 7.09. The third kappa shape index (κ3) is 2.57. The van der Waals surface area contributed by atoms with Gasteiger partial charge in [-0.2, -0.15) is 5.26 Å². The summed E-state index contributed by atoms with van der Waals surface area (Å²) in [5, 5.41) is 12.7. The van der Waals surface area contributed by atoms with Gasteiger partial charge in [-0.15, -0.1) is 11.3 Å². The number of aromatic nitrogens is 1. The van der Waals surface area contributed by atoms with Crippen molar-refractivity contribution in [1.82, 2.24) is 4.98 Å². The minimum Gasteiger partial charge on any atom is -0.379 e. The van der Waals surface area contributed by atoms with Crippen LogP contribution in [0.4, 0.5) is 5.69 Å². The van der Waals surface area contributed by atoms with Gasteiger partial charge in [0.15, 0.2) is 0 Å². The minimum atomic E-state index is 0.471. The van der Waals surface area contributed by atoms with Gasteiger partial charge in [-0.05, 0) is 19.1 Å². The summed E-state index contributed by atoms with van der Waals surface area (Å²) in [6, 6.07) is 7.49. The van der Waals surface area contributed by atoms with E-state index in [-0.39, 0.29) is 0 Å².